The maximum absolute atomic E-state index is 12.2. The van der Waals surface area contributed by atoms with Crippen LogP contribution in [0.5, 0.6) is 0 Å². The number of benzene rings is 1. The monoisotopic (exact) mass is 257 g/mol. The molecule has 0 spiro atoms. The number of nitrogens with zero attached hydrogens (tertiary/aromatic N) is 2. The molecular formula is C15H19N3O. The Labute approximate surface area is 114 Å². The fourth-order valence-electron chi connectivity index (χ4n) is 2.20. The van der Waals surface area contributed by atoms with Gasteiger partial charge in [-0.05, 0) is 31.9 Å². The van der Waals surface area contributed by atoms with E-state index in [1.165, 1.54) is 0 Å². The van der Waals surface area contributed by atoms with E-state index in [0.29, 0.717) is 19.0 Å². The Bertz CT molecular complexity index is 462. The van der Waals surface area contributed by atoms with E-state index in [-0.39, 0.29) is 11.9 Å². The van der Waals surface area contributed by atoms with Gasteiger partial charge in [-0.15, -0.1) is 0 Å². The summed E-state index contributed by atoms with van der Waals surface area (Å²) in [7, 11) is 0. The molecule has 0 radical (unpaired) electrons. The third kappa shape index (κ3) is 3.80. The normalized spacial score (nSPS) is 15.8. The van der Waals surface area contributed by atoms with Gasteiger partial charge in [0.05, 0.1) is 12.1 Å². The summed E-state index contributed by atoms with van der Waals surface area (Å²) >= 11 is 0. The van der Waals surface area contributed by atoms with Crippen molar-refractivity contribution in [3.05, 3.63) is 30.3 Å². The molecular weight excluding hydrogens is 238 g/mol. The van der Waals surface area contributed by atoms with E-state index in [9.17, 15) is 4.79 Å². The molecule has 4 heteroatoms. The molecule has 4 nitrogen and oxygen atoms in total. The van der Waals surface area contributed by atoms with Crippen LogP contribution in [0.2, 0.25) is 0 Å². The van der Waals surface area contributed by atoms with Crippen LogP contribution in [0.15, 0.2) is 30.3 Å². The van der Waals surface area contributed by atoms with Crippen molar-refractivity contribution in [1.82, 2.24) is 4.90 Å². The molecule has 1 aliphatic carbocycles. The molecule has 0 heterocycles. The first kappa shape index (κ1) is 13.6. The lowest BCUT2D eigenvalue weighted by Crippen LogP contribution is -2.43. The Hall–Kier alpha value is -1.86. The van der Waals surface area contributed by atoms with Crippen molar-refractivity contribution in [2.75, 3.05) is 11.9 Å². The zero-order valence-electron chi connectivity index (χ0n) is 11.2. The van der Waals surface area contributed by atoms with Crippen molar-refractivity contribution in [2.24, 2.45) is 0 Å². The molecule has 1 fully saturated rings. The van der Waals surface area contributed by atoms with Gasteiger partial charge in [0.2, 0.25) is 5.91 Å². The number of hydrogen-bond donors (Lipinski definition) is 1. The highest BCUT2D eigenvalue weighted by Crippen LogP contribution is 2.29. The fraction of sp³-hybridized carbons (Fsp3) is 0.467. The molecule has 100 valence electrons. The first-order valence-electron chi connectivity index (χ1n) is 6.71. The Morgan fingerprint density at radius 2 is 2.16 bits per heavy atom. The van der Waals surface area contributed by atoms with Crippen LogP contribution in [0.3, 0.4) is 0 Å². The number of anilines is 1. The van der Waals surface area contributed by atoms with E-state index in [2.05, 4.69) is 16.3 Å². The van der Waals surface area contributed by atoms with Crippen LogP contribution in [-0.4, -0.2) is 29.4 Å². The smallest absolute Gasteiger partial charge is 0.241 e. The molecule has 1 N–H and O–H groups in total. The maximum atomic E-state index is 12.2. The van der Waals surface area contributed by atoms with Crippen LogP contribution in [0.4, 0.5) is 5.69 Å². The molecule has 1 aliphatic rings. The van der Waals surface area contributed by atoms with Crippen LogP contribution in [0.25, 0.3) is 0 Å². The minimum absolute atomic E-state index is 0.00367. The number of carbonyl (C=O) groups excluding carboxylic acids is 1. The predicted octanol–water partition coefficient (Wildman–Crippen LogP) is 2.39. The molecule has 2 rings (SSSR count). The van der Waals surface area contributed by atoms with E-state index < -0.39 is 0 Å². The first-order valence-corrected chi connectivity index (χ1v) is 6.71. The summed E-state index contributed by atoms with van der Waals surface area (Å²) < 4.78 is 0. The molecule has 1 aromatic rings. The van der Waals surface area contributed by atoms with Gasteiger partial charge < -0.3 is 5.32 Å². The largest absolute Gasteiger partial charge is 0.325 e. The summed E-state index contributed by atoms with van der Waals surface area (Å²) in [5.41, 5.74) is 0.815. The standard InChI is InChI=1S/C15H19N3O/c1-12(18(11-5-10-16)14-8-9-14)15(19)17-13-6-3-2-4-7-13/h2-4,6-7,12,14H,5,8-9,11H2,1H3,(H,17,19). The summed E-state index contributed by atoms with van der Waals surface area (Å²) in [6.45, 7) is 2.58. The summed E-state index contributed by atoms with van der Waals surface area (Å²) in [5.74, 6) is -0.00367. The zero-order chi connectivity index (χ0) is 13.7. The van der Waals surface area contributed by atoms with Gasteiger partial charge in [0, 0.05) is 24.7 Å². The lowest BCUT2D eigenvalue weighted by atomic mass is 10.2. The molecule has 0 aliphatic heterocycles. The molecule has 1 atom stereocenters. The molecule has 0 aromatic heterocycles. The van der Waals surface area contributed by atoms with Crippen LogP contribution in [0.1, 0.15) is 26.2 Å². The Morgan fingerprint density at radius 3 is 2.74 bits per heavy atom. The highest BCUT2D eigenvalue weighted by molar-refractivity contribution is 5.94. The third-order valence-corrected chi connectivity index (χ3v) is 3.42. The number of amides is 1. The highest BCUT2D eigenvalue weighted by Gasteiger charge is 2.34. The van der Waals surface area contributed by atoms with Crippen LogP contribution in [-0.2, 0) is 4.79 Å². The molecule has 19 heavy (non-hydrogen) atoms. The average molecular weight is 257 g/mol. The van der Waals surface area contributed by atoms with Gasteiger partial charge in [-0.25, -0.2) is 0 Å². The minimum atomic E-state index is -0.193. The lowest BCUT2D eigenvalue weighted by molar-refractivity contribution is -0.121. The van der Waals surface area contributed by atoms with E-state index >= 15 is 0 Å². The van der Waals surface area contributed by atoms with Gasteiger partial charge in [0.1, 0.15) is 0 Å². The maximum Gasteiger partial charge on any atom is 0.241 e. The molecule has 1 saturated carbocycles. The van der Waals surface area contributed by atoms with Crippen LogP contribution < -0.4 is 5.32 Å². The van der Waals surface area contributed by atoms with Crippen molar-refractivity contribution < 1.29 is 4.79 Å². The number of nitrogens with one attached hydrogen (secondary N) is 1. The second kappa shape index (κ2) is 6.35. The number of rotatable bonds is 6. The summed E-state index contributed by atoms with van der Waals surface area (Å²) in [4.78, 5) is 14.4. The number of hydrogen-bond acceptors (Lipinski definition) is 3. The van der Waals surface area contributed by atoms with Gasteiger partial charge in [-0.1, -0.05) is 18.2 Å². The topological polar surface area (TPSA) is 56.1 Å². The summed E-state index contributed by atoms with van der Waals surface area (Å²) in [6, 6.07) is 11.9. The van der Waals surface area contributed by atoms with Crippen LogP contribution >= 0.6 is 0 Å². The lowest BCUT2D eigenvalue weighted by Gasteiger charge is -2.27. The van der Waals surface area contributed by atoms with Gasteiger partial charge in [0.25, 0.3) is 0 Å². The van der Waals surface area contributed by atoms with Crippen molar-refractivity contribution >= 4 is 11.6 Å². The minimum Gasteiger partial charge on any atom is -0.325 e. The molecule has 0 bridgehead atoms. The number of para-hydroxylation sites is 1. The van der Waals surface area contributed by atoms with Crippen molar-refractivity contribution in [2.45, 2.75) is 38.3 Å². The van der Waals surface area contributed by atoms with Gasteiger partial charge in [-0.2, -0.15) is 5.26 Å². The van der Waals surface area contributed by atoms with E-state index in [0.717, 1.165) is 18.5 Å². The third-order valence-electron chi connectivity index (χ3n) is 3.42. The SMILES string of the molecule is CC(C(=O)Nc1ccccc1)N(CCC#N)C1CC1. The Balaban J connectivity index is 1.95. The second-order valence-electron chi connectivity index (χ2n) is 4.91. The molecule has 0 saturated heterocycles. The molecule has 1 aromatic carbocycles. The zero-order valence-corrected chi connectivity index (χ0v) is 11.2. The van der Waals surface area contributed by atoms with Crippen LogP contribution in [0, 0.1) is 11.3 Å². The highest BCUT2D eigenvalue weighted by atomic mass is 16.2. The average Bonchev–Trinajstić information content (AvgIpc) is 3.24. The summed E-state index contributed by atoms with van der Waals surface area (Å²) in [5, 5.41) is 11.6. The Morgan fingerprint density at radius 1 is 1.47 bits per heavy atom. The predicted molar refractivity (Wildman–Crippen MR) is 74.5 cm³/mol. The van der Waals surface area contributed by atoms with E-state index in [1.54, 1.807) is 0 Å². The fourth-order valence-corrected chi connectivity index (χ4v) is 2.20. The second-order valence-corrected chi connectivity index (χ2v) is 4.91. The van der Waals surface area contributed by atoms with Crippen molar-refractivity contribution in [1.29, 1.82) is 5.26 Å². The number of nitriles is 1. The van der Waals surface area contributed by atoms with Gasteiger partial charge in [0.15, 0.2) is 0 Å². The Kier molecular flexibility index (Phi) is 4.53. The van der Waals surface area contributed by atoms with Gasteiger partial charge in [-0.3, -0.25) is 9.69 Å². The first-order chi connectivity index (χ1) is 9.22. The van der Waals surface area contributed by atoms with Gasteiger partial charge >= 0.3 is 0 Å². The van der Waals surface area contributed by atoms with E-state index in [4.69, 9.17) is 5.26 Å². The van der Waals surface area contributed by atoms with E-state index in [1.807, 2.05) is 37.3 Å². The van der Waals surface area contributed by atoms with Crippen molar-refractivity contribution in [3.63, 3.8) is 0 Å². The quantitative estimate of drug-likeness (QED) is 0.851. The molecule has 1 amide bonds. The molecule has 1 unspecified atom stereocenters. The summed E-state index contributed by atoms with van der Waals surface area (Å²) in [6.07, 6.45) is 2.74. The number of carbonyl (C=O) groups is 1. The van der Waals surface area contributed by atoms with Crippen molar-refractivity contribution in [3.8, 4) is 6.07 Å².